The van der Waals surface area contributed by atoms with Gasteiger partial charge in [0.15, 0.2) is 0 Å². The summed E-state index contributed by atoms with van der Waals surface area (Å²) >= 11 is 0. The number of amides is 1. The quantitative estimate of drug-likeness (QED) is 0.165. The Kier molecular flexibility index (Phi) is 12.1. The van der Waals surface area contributed by atoms with Crippen molar-refractivity contribution in [1.82, 2.24) is 24.1 Å². The van der Waals surface area contributed by atoms with E-state index in [0.717, 1.165) is 23.9 Å². The van der Waals surface area contributed by atoms with E-state index in [1.54, 1.807) is 32.5 Å². The number of pyridine rings is 1. The van der Waals surface area contributed by atoms with E-state index < -0.39 is 7.44 Å². The van der Waals surface area contributed by atoms with Crippen LogP contribution in [-0.2, 0) is 18.8 Å². The van der Waals surface area contributed by atoms with E-state index in [1.165, 1.54) is 0 Å². The van der Waals surface area contributed by atoms with Gasteiger partial charge >= 0.3 is 0 Å². The second-order valence-corrected chi connectivity index (χ2v) is 15.2. The molecule has 9 nitrogen and oxygen atoms in total. The molecule has 0 aromatic carbocycles. The third-order valence-corrected chi connectivity index (χ3v) is 11.8. The first-order chi connectivity index (χ1) is 17.2. The Balaban J connectivity index is 1.41. The molecule has 0 bridgehead atoms. The SMILES string of the molecule is BC1CN(C(C)C)CC(COCP(=O)(N(C)C)N2CCN(C(=O)CCSSc3ccccn3)CC2)O1. The maximum absolute atomic E-state index is 13.9. The minimum Gasteiger partial charge on any atom is -0.379 e. The van der Waals surface area contributed by atoms with Gasteiger partial charge in [-0.3, -0.25) is 14.3 Å². The number of carbonyl (C=O) groups is 1. The number of carbonyl (C=O) groups excluding carboxylic acids is 1. The number of morpholine rings is 1. The summed E-state index contributed by atoms with van der Waals surface area (Å²) in [4.78, 5) is 21.3. The highest BCUT2D eigenvalue weighted by Gasteiger charge is 2.37. The molecule has 36 heavy (non-hydrogen) atoms. The second kappa shape index (κ2) is 14.5. The van der Waals surface area contributed by atoms with E-state index in [1.807, 2.05) is 41.9 Å². The summed E-state index contributed by atoms with van der Waals surface area (Å²) in [5, 5.41) is 0.951. The van der Waals surface area contributed by atoms with Crippen molar-refractivity contribution in [2.75, 3.05) is 72.1 Å². The van der Waals surface area contributed by atoms with E-state index in [-0.39, 0.29) is 24.4 Å². The van der Waals surface area contributed by atoms with Crippen molar-refractivity contribution >= 4 is 42.8 Å². The zero-order valence-electron chi connectivity index (χ0n) is 22.2. The summed E-state index contributed by atoms with van der Waals surface area (Å²) in [7, 11) is 6.14. The lowest BCUT2D eigenvalue weighted by atomic mass is 9.96. The second-order valence-electron chi connectivity index (χ2n) is 9.79. The Labute approximate surface area is 225 Å². The maximum atomic E-state index is 13.9. The highest BCUT2D eigenvalue weighted by Crippen LogP contribution is 2.51. The van der Waals surface area contributed by atoms with Crippen LogP contribution in [0.25, 0.3) is 0 Å². The Bertz CT molecular complexity index is 864. The van der Waals surface area contributed by atoms with Gasteiger partial charge in [0.25, 0.3) is 0 Å². The third-order valence-electron chi connectivity index (χ3n) is 6.51. The molecule has 3 heterocycles. The molecule has 3 atom stereocenters. The van der Waals surface area contributed by atoms with Crippen LogP contribution >= 0.6 is 29.0 Å². The molecule has 0 spiro atoms. The summed E-state index contributed by atoms with van der Waals surface area (Å²) in [5.74, 6) is 0.887. The van der Waals surface area contributed by atoms with Gasteiger partial charge in [0.2, 0.25) is 13.4 Å². The van der Waals surface area contributed by atoms with Crippen LogP contribution in [0.1, 0.15) is 20.3 Å². The van der Waals surface area contributed by atoms with Crippen molar-refractivity contribution in [3.05, 3.63) is 24.4 Å². The minimum absolute atomic E-state index is 0.0186. The molecule has 3 rings (SSSR count). The van der Waals surface area contributed by atoms with Crippen LogP contribution in [0.3, 0.4) is 0 Å². The molecule has 0 N–H and O–H groups in total. The fourth-order valence-electron chi connectivity index (χ4n) is 4.39. The first-order valence-electron chi connectivity index (χ1n) is 12.7. The maximum Gasteiger partial charge on any atom is 0.241 e. The number of hydrogen-bond acceptors (Lipinski definition) is 8. The summed E-state index contributed by atoms with van der Waals surface area (Å²) in [5.41, 5.74) is 0. The molecule has 2 aliphatic rings. The van der Waals surface area contributed by atoms with Crippen LogP contribution in [0.2, 0.25) is 0 Å². The predicted octanol–water partition coefficient (Wildman–Crippen LogP) is 2.15. The Morgan fingerprint density at radius 2 is 2.03 bits per heavy atom. The van der Waals surface area contributed by atoms with Crippen molar-refractivity contribution in [3.63, 3.8) is 0 Å². The topological polar surface area (TPSA) is 78.5 Å². The van der Waals surface area contributed by atoms with E-state index in [4.69, 9.17) is 9.47 Å². The molecule has 1 amide bonds. The molecule has 13 heteroatoms. The van der Waals surface area contributed by atoms with Crippen molar-refractivity contribution < 1.29 is 18.8 Å². The van der Waals surface area contributed by atoms with Crippen molar-refractivity contribution in [2.24, 2.45) is 0 Å². The minimum atomic E-state index is -2.88. The molecule has 3 unspecified atom stereocenters. The number of aromatic nitrogens is 1. The van der Waals surface area contributed by atoms with Crippen LogP contribution in [0, 0.1) is 0 Å². The lowest BCUT2D eigenvalue weighted by Gasteiger charge is -2.42. The lowest BCUT2D eigenvalue weighted by Crippen LogP contribution is -2.52. The van der Waals surface area contributed by atoms with Crippen LogP contribution in [-0.4, -0.2) is 128 Å². The average molecular weight is 558 g/mol. The van der Waals surface area contributed by atoms with Crippen molar-refractivity contribution in [1.29, 1.82) is 0 Å². The molecular weight excluding hydrogens is 516 g/mol. The van der Waals surface area contributed by atoms with Crippen LogP contribution in [0.5, 0.6) is 0 Å². The summed E-state index contributed by atoms with van der Waals surface area (Å²) < 4.78 is 29.8. The molecule has 202 valence electrons. The van der Waals surface area contributed by atoms with Gasteiger partial charge in [-0.1, -0.05) is 16.9 Å². The van der Waals surface area contributed by atoms with Crippen molar-refractivity contribution in [2.45, 2.75) is 43.4 Å². The van der Waals surface area contributed by atoms with E-state index in [9.17, 15) is 9.36 Å². The zero-order valence-corrected chi connectivity index (χ0v) is 24.8. The normalized spacial score (nSPS) is 23.8. The first kappa shape index (κ1) is 30.0. The number of hydrogen-bond donors (Lipinski definition) is 0. The fourth-order valence-corrected chi connectivity index (χ4v) is 8.30. The van der Waals surface area contributed by atoms with Gasteiger partial charge < -0.3 is 14.4 Å². The van der Waals surface area contributed by atoms with Gasteiger partial charge in [0.05, 0.1) is 12.7 Å². The number of piperazine rings is 1. The summed E-state index contributed by atoms with van der Waals surface area (Å²) in [6, 6.07) is 6.44. The zero-order chi connectivity index (χ0) is 26.1. The van der Waals surface area contributed by atoms with Gasteiger partial charge in [0, 0.05) is 69.7 Å². The monoisotopic (exact) mass is 557 g/mol. The van der Waals surface area contributed by atoms with Gasteiger partial charge in [-0.15, -0.1) is 0 Å². The number of ether oxygens (including phenoxy) is 2. The fraction of sp³-hybridized carbons (Fsp3) is 0.739. The molecule has 2 aliphatic heterocycles. The first-order valence-corrected chi connectivity index (χ1v) is 16.8. The van der Waals surface area contributed by atoms with Gasteiger partial charge in [-0.25, -0.2) is 14.3 Å². The Hall–Kier alpha value is -0.585. The van der Waals surface area contributed by atoms with Crippen LogP contribution in [0.15, 0.2) is 29.4 Å². The molecule has 2 saturated heterocycles. The summed E-state index contributed by atoms with van der Waals surface area (Å²) in [6.45, 7) is 8.90. The summed E-state index contributed by atoms with van der Waals surface area (Å²) in [6.07, 6.45) is 2.40. The Morgan fingerprint density at radius 1 is 1.28 bits per heavy atom. The van der Waals surface area contributed by atoms with Gasteiger partial charge in [-0.05, 0) is 50.9 Å². The molecule has 0 saturated carbocycles. The highest BCUT2D eigenvalue weighted by molar-refractivity contribution is 8.76. The van der Waals surface area contributed by atoms with E-state index in [2.05, 4.69) is 31.6 Å². The van der Waals surface area contributed by atoms with Crippen molar-refractivity contribution in [3.8, 4) is 0 Å². The average Bonchev–Trinajstić information content (AvgIpc) is 2.86. The van der Waals surface area contributed by atoms with Gasteiger partial charge in [-0.2, -0.15) is 0 Å². The molecule has 0 radical (unpaired) electrons. The Morgan fingerprint density at radius 3 is 2.67 bits per heavy atom. The predicted molar refractivity (Wildman–Crippen MR) is 151 cm³/mol. The molecule has 1 aromatic rings. The van der Waals surface area contributed by atoms with Gasteiger partial charge in [0.1, 0.15) is 19.2 Å². The molecular formula is C23H41BN5O4PS2. The standard InChI is InChI=1S/C23H41BN5O4PS2/c1-19(2)28-15-20(33-21(24)16-28)17-32-18-34(31,26(3)4)29-12-10-27(11-13-29)23(30)8-14-35-36-22-7-5-6-9-25-22/h5-7,9,19-21H,8,10-18,24H2,1-4H3. The largest absolute Gasteiger partial charge is 0.379 e. The number of rotatable bonds is 12. The molecule has 1 aromatic heterocycles. The van der Waals surface area contributed by atoms with Crippen LogP contribution in [0.4, 0.5) is 0 Å². The number of nitrogens with zero attached hydrogens (tertiary/aromatic N) is 5. The molecule has 2 fully saturated rings. The lowest BCUT2D eigenvalue weighted by molar-refractivity contribution is -0.131. The van der Waals surface area contributed by atoms with E-state index >= 15 is 0 Å². The smallest absolute Gasteiger partial charge is 0.241 e. The molecule has 0 aliphatic carbocycles. The van der Waals surface area contributed by atoms with E-state index in [0.29, 0.717) is 45.2 Å². The third kappa shape index (κ3) is 8.73. The van der Waals surface area contributed by atoms with Crippen LogP contribution < -0.4 is 0 Å². The highest BCUT2D eigenvalue weighted by atomic mass is 33.1.